The zero-order valence-corrected chi connectivity index (χ0v) is 12.4. The predicted octanol–water partition coefficient (Wildman–Crippen LogP) is 1.67. The van der Waals surface area contributed by atoms with Gasteiger partial charge < -0.3 is 14.7 Å². The van der Waals surface area contributed by atoms with E-state index in [2.05, 4.69) is 0 Å². The Labute approximate surface area is 126 Å². The molecule has 21 heavy (non-hydrogen) atoms. The van der Waals surface area contributed by atoms with Crippen molar-refractivity contribution >= 4 is 17.7 Å². The lowest BCUT2D eigenvalue weighted by atomic mass is 10.2. The van der Waals surface area contributed by atoms with Crippen molar-refractivity contribution in [1.29, 1.82) is 0 Å². The Morgan fingerprint density at radius 3 is 2.90 bits per heavy atom. The van der Waals surface area contributed by atoms with Crippen molar-refractivity contribution in [2.75, 3.05) is 25.4 Å². The number of rotatable bonds is 4. The quantitative estimate of drug-likeness (QED) is 0.858. The number of carbonyl (C=O) groups is 1. The molecule has 1 fully saturated rings. The SMILES string of the molecule is CC1CN(C(=O)CSc2ccc(F)cc2F)CC(CO)O1. The van der Waals surface area contributed by atoms with Crippen LogP contribution in [0.5, 0.6) is 0 Å². The summed E-state index contributed by atoms with van der Waals surface area (Å²) >= 11 is 1.03. The van der Waals surface area contributed by atoms with Gasteiger partial charge in [-0.3, -0.25) is 4.79 Å². The van der Waals surface area contributed by atoms with E-state index in [1.807, 2.05) is 6.92 Å². The molecule has 0 aromatic heterocycles. The predicted molar refractivity (Wildman–Crippen MR) is 75.1 cm³/mol. The first-order valence-electron chi connectivity index (χ1n) is 6.61. The Morgan fingerprint density at radius 2 is 2.24 bits per heavy atom. The molecule has 0 radical (unpaired) electrons. The third kappa shape index (κ3) is 4.39. The molecule has 1 heterocycles. The van der Waals surface area contributed by atoms with Gasteiger partial charge in [0.05, 0.1) is 24.6 Å². The lowest BCUT2D eigenvalue weighted by Gasteiger charge is -2.36. The van der Waals surface area contributed by atoms with Gasteiger partial charge in [0.25, 0.3) is 0 Å². The summed E-state index contributed by atoms with van der Waals surface area (Å²) in [5, 5.41) is 9.13. The molecule has 1 N–H and O–H groups in total. The number of ether oxygens (including phenoxy) is 1. The van der Waals surface area contributed by atoms with E-state index in [1.54, 1.807) is 4.90 Å². The second kappa shape index (κ2) is 7.20. The van der Waals surface area contributed by atoms with Crippen LogP contribution in [0.2, 0.25) is 0 Å². The molecule has 4 nitrogen and oxygen atoms in total. The van der Waals surface area contributed by atoms with Crippen LogP contribution in [0.1, 0.15) is 6.92 Å². The van der Waals surface area contributed by atoms with Crippen LogP contribution in [0.25, 0.3) is 0 Å². The molecule has 1 saturated heterocycles. The highest BCUT2D eigenvalue weighted by molar-refractivity contribution is 8.00. The van der Waals surface area contributed by atoms with Crippen LogP contribution in [0.3, 0.4) is 0 Å². The molecular weight excluding hydrogens is 300 g/mol. The maximum absolute atomic E-state index is 13.5. The van der Waals surface area contributed by atoms with Gasteiger partial charge in [-0.15, -0.1) is 11.8 Å². The van der Waals surface area contributed by atoms with E-state index >= 15 is 0 Å². The first-order chi connectivity index (χ1) is 9.99. The van der Waals surface area contributed by atoms with Crippen molar-refractivity contribution in [3.63, 3.8) is 0 Å². The number of hydrogen-bond donors (Lipinski definition) is 1. The number of thioether (sulfide) groups is 1. The zero-order chi connectivity index (χ0) is 15.4. The van der Waals surface area contributed by atoms with Gasteiger partial charge in [0, 0.05) is 24.1 Å². The van der Waals surface area contributed by atoms with Crippen molar-refractivity contribution in [1.82, 2.24) is 4.90 Å². The van der Waals surface area contributed by atoms with Crippen LogP contribution >= 0.6 is 11.8 Å². The van der Waals surface area contributed by atoms with Crippen LogP contribution in [0.15, 0.2) is 23.1 Å². The van der Waals surface area contributed by atoms with E-state index in [0.29, 0.717) is 13.1 Å². The van der Waals surface area contributed by atoms with Gasteiger partial charge >= 0.3 is 0 Å². The topological polar surface area (TPSA) is 49.8 Å². The molecule has 1 aromatic carbocycles. The largest absolute Gasteiger partial charge is 0.394 e. The molecule has 2 atom stereocenters. The summed E-state index contributed by atoms with van der Waals surface area (Å²) in [7, 11) is 0. The third-order valence-corrected chi connectivity index (χ3v) is 4.16. The third-order valence-electron chi connectivity index (χ3n) is 3.13. The molecule has 1 aliphatic heterocycles. The van der Waals surface area contributed by atoms with Gasteiger partial charge in [0.1, 0.15) is 11.6 Å². The summed E-state index contributed by atoms with van der Waals surface area (Å²) in [5.74, 6) is -1.40. The maximum Gasteiger partial charge on any atom is 0.233 e. The highest BCUT2D eigenvalue weighted by Gasteiger charge is 2.27. The second-order valence-corrected chi connectivity index (χ2v) is 5.93. The number of aliphatic hydroxyl groups excluding tert-OH is 1. The fourth-order valence-corrected chi connectivity index (χ4v) is 3.00. The summed E-state index contributed by atoms with van der Waals surface area (Å²) in [6, 6.07) is 3.28. The van der Waals surface area contributed by atoms with Crippen molar-refractivity contribution in [3.05, 3.63) is 29.8 Å². The van der Waals surface area contributed by atoms with Crippen LogP contribution < -0.4 is 0 Å². The summed E-state index contributed by atoms with van der Waals surface area (Å²) in [5.41, 5.74) is 0. The van der Waals surface area contributed by atoms with Crippen LogP contribution in [-0.4, -0.2) is 53.6 Å². The van der Waals surface area contributed by atoms with E-state index in [4.69, 9.17) is 9.84 Å². The fraction of sp³-hybridized carbons (Fsp3) is 0.500. The lowest BCUT2D eigenvalue weighted by molar-refractivity contribution is -0.144. The number of amides is 1. The summed E-state index contributed by atoms with van der Waals surface area (Å²) in [6.45, 7) is 2.46. The molecule has 2 rings (SSSR count). The van der Waals surface area contributed by atoms with E-state index < -0.39 is 11.6 Å². The minimum atomic E-state index is -0.670. The van der Waals surface area contributed by atoms with E-state index in [0.717, 1.165) is 23.9 Å². The van der Waals surface area contributed by atoms with E-state index in [1.165, 1.54) is 6.07 Å². The number of benzene rings is 1. The van der Waals surface area contributed by atoms with Crippen LogP contribution in [-0.2, 0) is 9.53 Å². The Morgan fingerprint density at radius 1 is 1.48 bits per heavy atom. The molecule has 0 spiro atoms. The minimum Gasteiger partial charge on any atom is -0.394 e. The van der Waals surface area contributed by atoms with Gasteiger partial charge in [0.2, 0.25) is 5.91 Å². The van der Waals surface area contributed by atoms with Gasteiger partial charge in [0.15, 0.2) is 0 Å². The highest BCUT2D eigenvalue weighted by Crippen LogP contribution is 2.23. The van der Waals surface area contributed by atoms with Crippen LogP contribution in [0, 0.1) is 11.6 Å². The maximum atomic E-state index is 13.5. The van der Waals surface area contributed by atoms with Gasteiger partial charge in [-0.1, -0.05) is 0 Å². The smallest absolute Gasteiger partial charge is 0.233 e. The Bertz CT molecular complexity index is 515. The average Bonchev–Trinajstić information content (AvgIpc) is 2.45. The van der Waals surface area contributed by atoms with Gasteiger partial charge in [-0.25, -0.2) is 8.78 Å². The van der Waals surface area contributed by atoms with Gasteiger partial charge in [-0.2, -0.15) is 0 Å². The summed E-state index contributed by atoms with van der Waals surface area (Å²) in [6.07, 6.45) is -0.530. The standard InChI is InChI=1S/C14H17F2NO3S/c1-9-5-17(6-11(7-18)20-9)14(19)8-21-13-3-2-10(15)4-12(13)16/h2-4,9,11,18H,5-8H2,1H3. The van der Waals surface area contributed by atoms with Gasteiger partial charge in [-0.05, 0) is 19.1 Å². The molecule has 7 heteroatoms. The first-order valence-corrected chi connectivity index (χ1v) is 7.60. The van der Waals surface area contributed by atoms with Crippen molar-refractivity contribution in [2.45, 2.75) is 24.0 Å². The zero-order valence-electron chi connectivity index (χ0n) is 11.6. The second-order valence-electron chi connectivity index (χ2n) is 4.91. The summed E-state index contributed by atoms with van der Waals surface area (Å²) < 4.78 is 31.7. The Kier molecular flexibility index (Phi) is 5.55. The molecule has 1 amide bonds. The number of morpholine rings is 1. The number of halogens is 2. The number of nitrogens with zero attached hydrogens (tertiary/aromatic N) is 1. The normalized spacial score (nSPS) is 22.4. The van der Waals surface area contributed by atoms with Crippen molar-refractivity contribution in [3.8, 4) is 0 Å². The molecule has 0 bridgehead atoms. The minimum absolute atomic E-state index is 0.0629. The molecule has 0 aliphatic carbocycles. The van der Waals surface area contributed by atoms with E-state index in [9.17, 15) is 13.6 Å². The molecule has 2 unspecified atom stereocenters. The Hall–Kier alpha value is -1.18. The van der Waals surface area contributed by atoms with Crippen LogP contribution in [0.4, 0.5) is 8.78 Å². The number of carbonyl (C=O) groups excluding carboxylic acids is 1. The summed E-state index contributed by atoms with van der Waals surface area (Å²) in [4.78, 5) is 14.0. The number of aliphatic hydroxyl groups is 1. The number of hydrogen-bond acceptors (Lipinski definition) is 4. The highest BCUT2D eigenvalue weighted by atomic mass is 32.2. The lowest BCUT2D eigenvalue weighted by Crippen LogP contribution is -2.50. The van der Waals surface area contributed by atoms with Crippen molar-refractivity contribution in [2.24, 2.45) is 0 Å². The monoisotopic (exact) mass is 317 g/mol. The molecule has 1 aromatic rings. The average molecular weight is 317 g/mol. The molecule has 1 aliphatic rings. The molecule has 116 valence electrons. The van der Waals surface area contributed by atoms with Crippen molar-refractivity contribution < 1.29 is 23.4 Å². The molecule has 0 saturated carbocycles. The Balaban J connectivity index is 1.92. The molecular formula is C14H17F2NO3S. The van der Waals surface area contributed by atoms with E-state index in [-0.39, 0.29) is 35.4 Å². The fourth-order valence-electron chi connectivity index (χ4n) is 2.17. The first kappa shape index (κ1) is 16.2.